The van der Waals surface area contributed by atoms with Crippen LogP contribution in [0.4, 0.5) is 0 Å². The number of carboxylic acid groups (broad SMARTS) is 1. The van der Waals surface area contributed by atoms with Crippen molar-refractivity contribution in [3.8, 4) is 0 Å². The fraction of sp³-hybridized carbons (Fsp3) is 0.529. The van der Waals surface area contributed by atoms with Crippen LogP contribution >= 0.6 is 0 Å². The molecule has 0 bridgehead atoms. The maximum absolute atomic E-state index is 11.6. The summed E-state index contributed by atoms with van der Waals surface area (Å²) in [6, 6.07) is 9.52. The van der Waals surface area contributed by atoms with Gasteiger partial charge in [-0.15, -0.1) is 0 Å². The minimum Gasteiger partial charge on any atom is -0.480 e. The van der Waals surface area contributed by atoms with Crippen molar-refractivity contribution in [1.82, 2.24) is 4.90 Å². The first kappa shape index (κ1) is 14.3. The maximum atomic E-state index is 11.6. The molecule has 1 saturated heterocycles. The number of carboxylic acids is 1. The third kappa shape index (κ3) is 3.16. The highest BCUT2D eigenvalue weighted by atomic mass is 16.4. The van der Waals surface area contributed by atoms with Gasteiger partial charge in [0.1, 0.15) is 12.3 Å². The second-order valence-electron chi connectivity index (χ2n) is 6.30. The van der Waals surface area contributed by atoms with Crippen LogP contribution in [0.15, 0.2) is 30.3 Å². The Bertz CT molecular complexity index is 512. The van der Waals surface area contributed by atoms with Crippen molar-refractivity contribution < 1.29 is 14.7 Å². The summed E-state index contributed by atoms with van der Waals surface area (Å²) in [5.74, 6) is -0.171. The van der Waals surface area contributed by atoms with Gasteiger partial charge in [-0.25, -0.2) is 0 Å². The first-order chi connectivity index (χ1) is 10.2. The Balaban J connectivity index is 1.76. The van der Waals surface area contributed by atoms with E-state index in [1.54, 1.807) is 0 Å². The van der Waals surface area contributed by atoms with E-state index in [9.17, 15) is 14.7 Å². The van der Waals surface area contributed by atoms with Crippen LogP contribution < -0.4 is 0 Å². The molecular weight excluding hydrogens is 266 g/mol. The van der Waals surface area contributed by atoms with E-state index in [1.165, 1.54) is 0 Å². The summed E-state index contributed by atoms with van der Waals surface area (Å²) in [6.45, 7) is 1.23. The lowest BCUT2D eigenvalue weighted by molar-refractivity contribution is -0.143. The monoisotopic (exact) mass is 287 g/mol. The largest absolute Gasteiger partial charge is 0.480 e. The highest BCUT2D eigenvalue weighted by Crippen LogP contribution is 2.38. The van der Waals surface area contributed by atoms with Crippen molar-refractivity contribution in [3.63, 3.8) is 0 Å². The number of hydrogen-bond acceptors (Lipinski definition) is 3. The molecule has 1 aliphatic heterocycles. The third-order valence-corrected chi connectivity index (χ3v) is 4.78. The standard InChI is InChI=1S/C17H21NO3/c19-11-14-9-18(16(17(20)21)8-12-6-7-12)10-15(14)13-4-2-1-3-5-13/h1-5,11-12,14-16H,6-10H2,(H,20,21)/t14-,15-,16-/m1/s1. The first-order valence-electron chi connectivity index (χ1n) is 7.66. The minimum atomic E-state index is -0.750. The van der Waals surface area contributed by atoms with Crippen LogP contribution in [0.1, 0.15) is 30.7 Å². The van der Waals surface area contributed by atoms with Crippen LogP contribution in [0, 0.1) is 11.8 Å². The summed E-state index contributed by atoms with van der Waals surface area (Å²) >= 11 is 0. The predicted molar refractivity (Wildman–Crippen MR) is 79.1 cm³/mol. The van der Waals surface area contributed by atoms with E-state index in [4.69, 9.17) is 0 Å². The Morgan fingerprint density at radius 3 is 2.57 bits per heavy atom. The third-order valence-electron chi connectivity index (χ3n) is 4.78. The van der Waals surface area contributed by atoms with Gasteiger partial charge in [-0.3, -0.25) is 9.69 Å². The van der Waals surface area contributed by atoms with Crippen molar-refractivity contribution in [3.05, 3.63) is 35.9 Å². The zero-order valence-electron chi connectivity index (χ0n) is 12.0. The molecule has 21 heavy (non-hydrogen) atoms. The summed E-state index contributed by atoms with van der Waals surface area (Å²) in [7, 11) is 0. The Morgan fingerprint density at radius 2 is 2.00 bits per heavy atom. The molecule has 2 aliphatic rings. The molecular formula is C17H21NO3. The number of carbonyl (C=O) groups excluding carboxylic acids is 1. The van der Waals surface area contributed by atoms with Gasteiger partial charge >= 0.3 is 5.97 Å². The SMILES string of the molecule is O=C[C@H]1CN([C@H](CC2CC2)C(=O)O)C[C@@H]1c1ccccc1. The molecule has 1 heterocycles. The van der Waals surface area contributed by atoms with Gasteiger partial charge in [0.25, 0.3) is 0 Å². The molecule has 0 spiro atoms. The van der Waals surface area contributed by atoms with Crippen LogP contribution in [-0.4, -0.2) is 41.4 Å². The van der Waals surface area contributed by atoms with Crippen molar-refractivity contribution in [2.75, 3.05) is 13.1 Å². The van der Waals surface area contributed by atoms with E-state index in [-0.39, 0.29) is 11.8 Å². The van der Waals surface area contributed by atoms with E-state index in [0.717, 1.165) is 31.1 Å². The number of aldehydes is 1. The molecule has 4 heteroatoms. The highest BCUT2D eigenvalue weighted by molar-refractivity contribution is 5.74. The fourth-order valence-corrected chi connectivity index (χ4v) is 3.38. The molecule has 1 aliphatic carbocycles. The van der Waals surface area contributed by atoms with Crippen LogP contribution in [0.3, 0.4) is 0 Å². The molecule has 4 nitrogen and oxygen atoms in total. The zero-order valence-corrected chi connectivity index (χ0v) is 12.0. The number of rotatable bonds is 6. The van der Waals surface area contributed by atoms with Gasteiger partial charge in [0.15, 0.2) is 0 Å². The maximum Gasteiger partial charge on any atom is 0.320 e. The van der Waals surface area contributed by atoms with Gasteiger partial charge in [0.2, 0.25) is 0 Å². The summed E-state index contributed by atoms with van der Waals surface area (Å²) in [6.07, 6.45) is 4.02. The summed E-state index contributed by atoms with van der Waals surface area (Å²) < 4.78 is 0. The lowest BCUT2D eigenvalue weighted by Crippen LogP contribution is -2.40. The lowest BCUT2D eigenvalue weighted by atomic mass is 9.90. The molecule has 1 saturated carbocycles. The smallest absolute Gasteiger partial charge is 0.320 e. The number of carbonyl (C=O) groups is 2. The molecule has 1 aromatic rings. The van der Waals surface area contributed by atoms with Crippen molar-refractivity contribution >= 4 is 12.3 Å². The lowest BCUT2D eigenvalue weighted by Gasteiger charge is -2.24. The number of likely N-dealkylation sites (tertiary alicyclic amines) is 1. The molecule has 0 aromatic heterocycles. The fourth-order valence-electron chi connectivity index (χ4n) is 3.38. The number of aliphatic carboxylic acids is 1. The average Bonchev–Trinajstić information content (AvgIpc) is 3.22. The van der Waals surface area contributed by atoms with Crippen molar-refractivity contribution in [1.29, 1.82) is 0 Å². The van der Waals surface area contributed by atoms with E-state index < -0.39 is 12.0 Å². The summed E-state index contributed by atoms with van der Waals surface area (Å²) in [5, 5.41) is 9.50. The zero-order chi connectivity index (χ0) is 14.8. The second-order valence-corrected chi connectivity index (χ2v) is 6.30. The molecule has 1 N–H and O–H groups in total. The molecule has 1 aromatic carbocycles. The Kier molecular flexibility index (Phi) is 4.06. The number of hydrogen-bond donors (Lipinski definition) is 1. The van der Waals surface area contributed by atoms with Gasteiger partial charge in [0, 0.05) is 24.9 Å². The van der Waals surface area contributed by atoms with Gasteiger partial charge in [-0.2, -0.15) is 0 Å². The van der Waals surface area contributed by atoms with E-state index in [0.29, 0.717) is 19.0 Å². The minimum absolute atomic E-state index is 0.103. The Hall–Kier alpha value is -1.68. The normalized spacial score (nSPS) is 27.4. The predicted octanol–water partition coefficient (Wildman–Crippen LogP) is 2.15. The Morgan fingerprint density at radius 1 is 1.29 bits per heavy atom. The highest BCUT2D eigenvalue weighted by Gasteiger charge is 2.41. The van der Waals surface area contributed by atoms with Crippen LogP contribution in [0.5, 0.6) is 0 Å². The van der Waals surface area contributed by atoms with Crippen LogP contribution in [0.25, 0.3) is 0 Å². The molecule has 3 rings (SSSR count). The summed E-state index contributed by atoms with van der Waals surface area (Å²) in [5.41, 5.74) is 1.13. The van der Waals surface area contributed by atoms with E-state index in [2.05, 4.69) is 0 Å². The first-order valence-corrected chi connectivity index (χ1v) is 7.66. The molecule has 3 atom stereocenters. The number of benzene rings is 1. The molecule has 0 unspecified atom stereocenters. The molecule has 112 valence electrons. The van der Waals surface area contributed by atoms with Crippen molar-refractivity contribution in [2.45, 2.75) is 31.2 Å². The van der Waals surface area contributed by atoms with Gasteiger partial charge in [-0.05, 0) is 17.9 Å². The Labute approximate surface area is 124 Å². The average molecular weight is 287 g/mol. The number of nitrogens with zero attached hydrogens (tertiary/aromatic N) is 1. The van der Waals surface area contributed by atoms with Crippen molar-refractivity contribution in [2.24, 2.45) is 11.8 Å². The van der Waals surface area contributed by atoms with Gasteiger partial charge in [-0.1, -0.05) is 43.2 Å². The van der Waals surface area contributed by atoms with E-state index >= 15 is 0 Å². The second kappa shape index (κ2) is 5.98. The molecule has 0 amide bonds. The quantitative estimate of drug-likeness (QED) is 0.815. The van der Waals surface area contributed by atoms with Crippen LogP contribution in [0.2, 0.25) is 0 Å². The van der Waals surface area contributed by atoms with E-state index in [1.807, 2.05) is 35.2 Å². The van der Waals surface area contributed by atoms with Gasteiger partial charge < -0.3 is 9.90 Å². The molecule has 0 radical (unpaired) electrons. The summed E-state index contributed by atoms with van der Waals surface area (Å²) in [4.78, 5) is 24.9. The van der Waals surface area contributed by atoms with Crippen LogP contribution in [-0.2, 0) is 9.59 Å². The topological polar surface area (TPSA) is 57.6 Å². The van der Waals surface area contributed by atoms with Gasteiger partial charge in [0.05, 0.1) is 0 Å². The molecule has 2 fully saturated rings.